The summed E-state index contributed by atoms with van der Waals surface area (Å²) in [6, 6.07) is 9.45. The third kappa shape index (κ3) is 2.55. The van der Waals surface area contributed by atoms with E-state index in [-0.39, 0.29) is 6.04 Å². The van der Waals surface area contributed by atoms with Crippen LogP contribution in [0.1, 0.15) is 18.5 Å². The molecule has 0 aliphatic rings. The molecule has 1 aromatic carbocycles. The minimum Gasteiger partial charge on any atom is -0.363 e. The average Bonchev–Trinajstić information content (AvgIpc) is 2.87. The van der Waals surface area contributed by atoms with Crippen molar-refractivity contribution in [2.24, 2.45) is 0 Å². The van der Waals surface area contributed by atoms with Crippen LogP contribution in [0.5, 0.6) is 0 Å². The van der Waals surface area contributed by atoms with Gasteiger partial charge in [-0.15, -0.1) is 0 Å². The van der Waals surface area contributed by atoms with E-state index in [4.69, 9.17) is 23.2 Å². The van der Waals surface area contributed by atoms with Crippen LogP contribution in [0.2, 0.25) is 10.2 Å². The van der Waals surface area contributed by atoms with Crippen molar-refractivity contribution < 1.29 is 0 Å². The first-order chi connectivity index (χ1) is 9.63. The number of nitrogens with zero attached hydrogens (tertiary/aromatic N) is 4. The van der Waals surface area contributed by atoms with E-state index in [1.807, 2.05) is 31.2 Å². The third-order valence-electron chi connectivity index (χ3n) is 2.95. The first-order valence-electron chi connectivity index (χ1n) is 6.02. The maximum atomic E-state index is 5.98. The molecule has 0 saturated carbocycles. The molecule has 2 aromatic heterocycles. The van der Waals surface area contributed by atoms with Gasteiger partial charge >= 0.3 is 0 Å². The molecule has 0 radical (unpaired) electrons. The van der Waals surface area contributed by atoms with Crippen LogP contribution in [-0.2, 0) is 0 Å². The van der Waals surface area contributed by atoms with Crippen LogP contribution >= 0.6 is 23.2 Å². The van der Waals surface area contributed by atoms with Crippen LogP contribution in [0.4, 0.5) is 5.82 Å². The molecule has 3 rings (SSSR count). The Morgan fingerprint density at radius 2 is 1.95 bits per heavy atom. The maximum absolute atomic E-state index is 5.98. The Morgan fingerprint density at radius 3 is 2.70 bits per heavy atom. The van der Waals surface area contributed by atoms with Crippen molar-refractivity contribution in [3.05, 3.63) is 52.4 Å². The van der Waals surface area contributed by atoms with Gasteiger partial charge in [-0.05, 0) is 24.6 Å². The first-order valence-corrected chi connectivity index (χ1v) is 6.77. The lowest BCUT2D eigenvalue weighted by molar-refractivity contribution is 0.840. The van der Waals surface area contributed by atoms with Crippen LogP contribution in [0, 0.1) is 0 Å². The van der Waals surface area contributed by atoms with Crippen molar-refractivity contribution in [3.63, 3.8) is 0 Å². The van der Waals surface area contributed by atoms with E-state index in [1.165, 1.54) is 6.33 Å². The minimum absolute atomic E-state index is 0.0677. The Hall–Kier alpha value is -1.85. The van der Waals surface area contributed by atoms with Gasteiger partial charge in [0.1, 0.15) is 17.3 Å². The third-order valence-corrected chi connectivity index (χ3v) is 3.40. The molecule has 0 aliphatic carbocycles. The number of hydrogen-bond acceptors (Lipinski definition) is 4. The molecule has 0 aliphatic heterocycles. The molecular formula is C13H11Cl2N5. The number of anilines is 1. The monoisotopic (exact) mass is 307 g/mol. The molecule has 0 fully saturated rings. The molecular weight excluding hydrogens is 297 g/mol. The van der Waals surface area contributed by atoms with Crippen molar-refractivity contribution in [1.82, 2.24) is 19.6 Å². The number of hydrogen-bond donors (Lipinski definition) is 1. The standard InChI is InChI=1S/C13H11Cl2N5/c1-8(9-2-4-10(14)5-3-9)18-12-6-11(15)19-13-16-7-17-20(12)13/h2-8,18H,1H3. The van der Waals surface area contributed by atoms with Gasteiger partial charge in [0.15, 0.2) is 0 Å². The SMILES string of the molecule is CC(Nc1cc(Cl)nc2ncnn12)c1ccc(Cl)cc1. The molecule has 0 spiro atoms. The Labute approximate surface area is 125 Å². The zero-order valence-corrected chi connectivity index (χ0v) is 12.1. The predicted octanol–water partition coefficient (Wildman–Crippen LogP) is 3.60. The average molecular weight is 308 g/mol. The zero-order valence-electron chi connectivity index (χ0n) is 10.6. The second kappa shape index (κ2) is 5.26. The molecule has 3 aromatic rings. The lowest BCUT2D eigenvalue weighted by atomic mass is 10.1. The fourth-order valence-electron chi connectivity index (χ4n) is 1.94. The van der Waals surface area contributed by atoms with Gasteiger partial charge in [-0.1, -0.05) is 35.3 Å². The van der Waals surface area contributed by atoms with Crippen LogP contribution in [0.15, 0.2) is 36.7 Å². The molecule has 0 saturated heterocycles. The fourth-order valence-corrected chi connectivity index (χ4v) is 2.25. The van der Waals surface area contributed by atoms with Crippen LogP contribution < -0.4 is 5.32 Å². The van der Waals surface area contributed by atoms with Crippen LogP contribution in [0.3, 0.4) is 0 Å². The molecule has 5 nitrogen and oxygen atoms in total. The van der Waals surface area contributed by atoms with E-state index in [0.717, 1.165) is 11.4 Å². The summed E-state index contributed by atoms with van der Waals surface area (Å²) < 4.78 is 1.61. The highest BCUT2D eigenvalue weighted by atomic mass is 35.5. The van der Waals surface area contributed by atoms with E-state index in [2.05, 4.69) is 20.4 Å². The fraction of sp³-hybridized carbons (Fsp3) is 0.154. The highest BCUT2D eigenvalue weighted by molar-refractivity contribution is 6.30. The molecule has 0 bridgehead atoms. The maximum Gasteiger partial charge on any atom is 0.255 e. The summed E-state index contributed by atoms with van der Waals surface area (Å²) in [5.41, 5.74) is 1.11. The molecule has 7 heteroatoms. The van der Waals surface area contributed by atoms with Gasteiger partial charge in [0, 0.05) is 17.1 Å². The molecule has 102 valence electrons. The largest absolute Gasteiger partial charge is 0.363 e. The molecule has 1 atom stereocenters. The second-order valence-corrected chi connectivity index (χ2v) is 5.18. The van der Waals surface area contributed by atoms with E-state index in [1.54, 1.807) is 10.6 Å². The normalized spacial score (nSPS) is 12.6. The minimum atomic E-state index is 0.0677. The van der Waals surface area contributed by atoms with E-state index < -0.39 is 0 Å². The Kier molecular flexibility index (Phi) is 3.46. The van der Waals surface area contributed by atoms with E-state index >= 15 is 0 Å². The van der Waals surface area contributed by atoms with Gasteiger partial charge in [-0.25, -0.2) is 0 Å². The molecule has 2 heterocycles. The van der Waals surface area contributed by atoms with Crippen molar-refractivity contribution >= 4 is 34.8 Å². The Morgan fingerprint density at radius 1 is 1.20 bits per heavy atom. The zero-order chi connectivity index (χ0) is 14.1. The number of halogens is 2. The van der Waals surface area contributed by atoms with Gasteiger partial charge in [-0.2, -0.15) is 19.6 Å². The summed E-state index contributed by atoms with van der Waals surface area (Å²) in [7, 11) is 0. The number of aromatic nitrogens is 4. The highest BCUT2D eigenvalue weighted by Crippen LogP contribution is 2.22. The van der Waals surface area contributed by atoms with E-state index in [9.17, 15) is 0 Å². The van der Waals surface area contributed by atoms with Gasteiger partial charge in [0.25, 0.3) is 5.78 Å². The number of benzene rings is 1. The van der Waals surface area contributed by atoms with Gasteiger partial charge in [-0.3, -0.25) is 0 Å². The van der Waals surface area contributed by atoms with E-state index in [0.29, 0.717) is 16.0 Å². The summed E-state index contributed by atoms with van der Waals surface area (Å²) in [5.74, 6) is 1.20. The summed E-state index contributed by atoms with van der Waals surface area (Å²) in [6.07, 6.45) is 1.44. The van der Waals surface area contributed by atoms with Crippen LogP contribution in [-0.4, -0.2) is 19.6 Å². The van der Waals surface area contributed by atoms with Crippen molar-refractivity contribution in [3.8, 4) is 0 Å². The first kappa shape index (κ1) is 13.1. The summed E-state index contributed by atoms with van der Waals surface area (Å²) in [4.78, 5) is 8.12. The molecule has 1 unspecified atom stereocenters. The van der Waals surface area contributed by atoms with Gasteiger partial charge in [0.2, 0.25) is 0 Å². The smallest absolute Gasteiger partial charge is 0.255 e. The predicted molar refractivity (Wildman–Crippen MR) is 79.3 cm³/mol. The Bertz CT molecular complexity index is 738. The number of fused-ring (bicyclic) bond motifs is 1. The number of rotatable bonds is 3. The summed E-state index contributed by atoms with van der Waals surface area (Å²) >= 11 is 11.9. The molecule has 1 N–H and O–H groups in total. The van der Waals surface area contributed by atoms with Crippen molar-refractivity contribution in [2.45, 2.75) is 13.0 Å². The summed E-state index contributed by atoms with van der Waals surface area (Å²) in [5, 5.41) is 8.55. The topological polar surface area (TPSA) is 55.1 Å². The quantitative estimate of drug-likeness (QED) is 0.751. The van der Waals surface area contributed by atoms with Crippen LogP contribution in [0.25, 0.3) is 5.78 Å². The van der Waals surface area contributed by atoms with Gasteiger partial charge in [0.05, 0.1) is 0 Å². The lowest BCUT2D eigenvalue weighted by Crippen LogP contribution is -2.10. The van der Waals surface area contributed by atoms with Gasteiger partial charge < -0.3 is 5.32 Å². The molecule has 20 heavy (non-hydrogen) atoms. The van der Waals surface area contributed by atoms with Crippen molar-refractivity contribution in [2.75, 3.05) is 5.32 Å². The highest BCUT2D eigenvalue weighted by Gasteiger charge is 2.10. The summed E-state index contributed by atoms with van der Waals surface area (Å²) in [6.45, 7) is 2.04. The Balaban J connectivity index is 1.92. The number of nitrogens with one attached hydrogen (secondary N) is 1. The molecule has 0 amide bonds. The lowest BCUT2D eigenvalue weighted by Gasteiger charge is -2.16. The van der Waals surface area contributed by atoms with Crippen molar-refractivity contribution in [1.29, 1.82) is 0 Å². The second-order valence-electron chi connectivity index (χ2n) is 4.35.